The monoisotopic (exact) mass is 329 g/mol. The molecule has 0 rings (SSSR count). The Balaban J connectivity index is 0. The van der Waals surface area contributed by atoms with Crippen molar-refractivity contribution in [3.8, 4) is 0 Å². The summed E-state index contributed by atoms with van der Waals surface area (Å²) in [5.74, 6) is 0. The van der Waals surface area contributed by atoms with E-state index in [-0.39, 0.29) is 5.48 Å². The molecule has 0 radical (unpaired) electrons. The van der Waals surface area contributed by atoms with Crippen LogP contribution in [0, 0.1) is 0 Å². The number of nitrogens with zero attached hydrogens (tertiary/aromatic N) is 1. The summed E-state index contributed by atoms with van der Waals surface area (Å²) in [4.78, 5) is 0. The predicted molar refractivity (Wildman–Crippen MR) is 104 cm³/mol. The van der Waals surface area contributed by atoms with Gasteiger partial charge < -0.3 is 9.96 Å². The third kappa shape index (κ3) is 24.3. The van der Waals surface area contributed by atoms with Gasteiger partial charge in [-0.05, 0) is 12.8 Å². The maximum absolute atomic E-state index is 2.30. The molecule has 0 aromatic rings. The van der Waals surface area contributed by atoms with Gasteiger partial charge in [0.15, 0.2) is 0 Å². The Bertz CT molecular complexity index is 210. The molecule has 0 aliphatic rings. The van der Waals surface area contributed by atoms with Gasteiger partial charge in [0.25, 0.3) is 0 Å². The molecule has 2 nitrogen and oxygen atoms in total. The summed E-state index contributed by atoms with van der Waals surface area (Å²) in [7, 11) is 6.89. The molecule has 0 aromatic heterocycles. The third-order valence-corrected chi connectivity index (χ3v) is 4.68. The average molecular weight is 330 g/mol. The van der Waals surface area contributed by atoms with Gasteiger partial charge in [-0.25, -0.2) is 0 Å². The Kier molecular flexibility index (Phi) is 20.0. The van der Waals surface area contributed by atoms with Crippen molar-refractivity contribution >= 4 is 0 Å². The number of hydrogen-bond acceptors (Lipinski definition) is 1. The van der Waals surface area contributed by atoms with Gasteiger partial charge in [0.05, 0.1) is 27.7 Å². The molecule has 0 amide bonds. The van der Waals surface area contributed by atoms with Crippen molar-refractivity contribution in [2.24, 2.45) is 0 Å². The van der Waals surface area contributed by atoms with Gasteiger partial charge in [-0.2, -0.15) is 0 Å². The van der Waals surface area contributed by atoms with Crippen molar-refractivity contribution in [1.29, 1.82) is 0 Å². The molecule has 0 spiro atoms. The lowest BCUT2D eigenvalue weighted by Crippen LogP contribution is -2.35. The molecule has 0 heterocycles. The van der Waals surface area contributed by atoms with Crippen LogP contribution < -0.4 is 0 Å². The van der Waals surface area contributed by atoms with E-state index in [1.807, 2.05) is 0 Å². The standard InChI is InChI=1S/C21H46N.H2O/c1-5-6-7-8-9-10-11-12-13-14-15-16-17-18-19-20-21-22(2,3)4;/h5-21H2,1-4H3;1H2/q+1;/p-1. The SMILES string of the molecule is CCCCCCCCCCCCCCCCCC[N+](C)(C)C.[OH-]. The quantitative estimate of drug-likeness (QED) is 0.214. The fraction of sp³-hybridized carbons (Fsp3) is 1.00. The van der Waals surface area contributed by atoms with Crippen molar-refractivity contribution in [2.45, 2.75) is 110 Å². The Morgan fingerprint density at radius 3 is 0.957 bits per heavy atom. The lowest BCUT2D eigenvalue weighted by Gasteiger charge is -2.23. The topological polar surface area (TPSA) is 30.0 Å². The molecule has 0 aliphatic carbocycles. The first-order chi connectivity index (χ1) is 10.6. The molecule has 0 saturated carbocycles. The highest BCUT2D eigenvalue weighted by molar-refractivity contribution is 4.49. The zero-order chi connectivity index (χ0) is 16.5. The van der Waals surface area contributed by atoms with Crippen LogP contribution in [0.3, 0.4) is 0 Å². The van der Waals surface area contributed by atoms with Gasteiger partial charge in [0.2, 0.25) is 0 Å². The van der Waals surface area contributed by atoms with E-state index in [2.05, 4.69) is 28.1 Å². The second kappa shape index (κ2) is 18.3. The molecule has 1 N–H and O–H groups in total. The van der Waals surface area contributed by atoms with Gasteiger partial charge in [0, 0.05) is 0 Å². The van der Waals surface area contributed by atoms with Crippen LogP contribution in [0.2, 0.25) is 0 Å². The molecule has 0 aromatic carbocycles. The fourth-order valence-corrected chi connectivity index (χ4v) is 3.13. The van der Waals surface area contributed by atoms with E-state index >= 15 is 0 Å². The minimum absolute atomic E-state index is 0. The van der Waals surface area contributed by atoms with Crippen LogP contribution in [0.1, 0.15) is 110 Å². The van der Waals surface area contributed by atoms with Crippen molar-refractivity contribution in [1.82, 2.24) is 0 Å². The second-order valence-electron chi connectivity index (χ2n) is 8.32. The minimum atomic E-state index is 0. The average Bonchev–Trinajstić information content (AvgIpc) is 2.45. The van der Waals surface area contributed by atoms with E-state index in [4.69, 9.17) is 0 Å². The fourth-order valence-electron chi connectivity index (χ4n) is 3.13. The molecular formula is C21H47NO. The van der Waals surface area contributed by atoms with E-state index in [9.17, 15) is 0 Å². The maximum atomic E-state index is 2.30. The number of unbranched alkanes of at least 4 members (excludes halogenated alkanes) is 15. The zero-order valence-corrected chi connectivity index (χ0v) is 16.9. The first-order valence-electron chi connectivity index (χ1n) is 10.4. The lowest BCUT2D eigenvalue weighted by molar-refractivity contribution is -0.870. The summed E-state index contributed by atoms with van der Waals surface area (Å²) >= 11 is 0. The maximum Gasteiger partial charge on any atom is 0.0780 e. The van der Waals surface area contributed by atoms with Crippen LogP contribution in [0.15, 0.2) is 0 Å². The van der Waals surface area contributed by atoms with Gasteiger partial charge in [0.1, 0.15) is 0 Å². The van der Waals surface area contributed by atoms with Crippen LogP contribution >= 0.6 is 0 Å². The third-order valence-electron chi connectivity index (χ3n) is 4.68. The normalized spacial score (nSPS) is 11.5. The first-order valence-corrected chi connectivity index (χ1v) is 10.4. The summed E-state index contributed by atoms with van der Waals surface area (Å²) in [6.07, 6.45) is 23.4. The molecule has 0 aliphatic heterocycles. The summed E-state index contributed by atoms with van der Waals surface area (Å²) in [6, 6.07) is 0. The number of hydrogen-bond donors (Lipinski definition) is 0. The van der Waals surface area contributed by atoms with Crippen molar-refractivity contribution < 1.29 is 9.96 Å². The van der Waals surface area contributed by atoms with Crippen LogP contribution in [-0.4, -0.2) is 37.6 Å². The van der Waals surface area contributed by atoms with Crippen LogP contribution in [0.25, 0.3) is 0 Å². The largest absolute Gasteiger partial charge is 0.870 e. The van der Waals surface area contributed by atoms with E-state index in [1.54, 1.807) is 0 Å². The molecule has 0 unspecified atom stereocenters. The number of rotatable bonds is 17. The van der Waals surface area contributed by atoms with Crippen molar-refractivity contribution in [2.75, 3.05) is 27.7 Å². The number of quaternary nitrogens is 1. The molecule has 0 atom stereocenters. The molecular weight excluding hydrogens is 282 g/mol. The summed E-state index contributed by atoms with van der Waals surface area (Å²) in [5, 5.41) is 0. The van der Waals surface area contributed by atoms with E-state index in [1.165, 1.54) is 109 Å². The molecule has 0 bridgehead atoms. The van der Waals surface area contributed by atoms with Gasteiger partial charge >= 0.3 is 0 Å². The van der Waals surface area contributed by atoms with E-state index < -0.39 is 0 Å². The first kappa shape index (κ1) is 25.2. The van der Waals surface area contributed by atoms with Gasteiger partial charge in [-0.3, -0.25) is 0 Å². The van der Waals surface area contributed by atoms with Crippen LogP contribution in [-0.2, 0) is 0 Å². The molecule has 2 heteroatoms. The van der Waals surface area contributed by atoms with Crippen LogP contribution in [0.4, 0.5) is 0 Å². The second-order valence-corrected chi connectivity index (χ2v) is 8.32. The van der Waals surface area contributed by atoms with E-state index in [0.29, 0.717) is 0 Å². The highest BCUT2D eigenvalue weighted by atomic mass is 16.0. The smallest absolute Gasteiger partial charge is 0.0780 e. The summed E-state index contributed by atoms with van der Waals surface area (Å²) in [6.45, 7) is 3.63. The lowest BCUT2D eigenvalue weighted by atomic mass is 10.0. The summed E-state index contributed by atoms with van der Waals surface area (Å²) < 4.78 is 1.12. The van der Waals surface area contributed by atoms with Gasteiger partial charge in [-0.15, -0.1) is 0 Å². The summed E-state index contributed by atoms with van der Waals surface area (Å²) in [5.41, 5.74) is 0. The van der Waals surface area contributed by atoms with Gasteiger partial charge in [-0.1, -0.05) is 96.8 Å². The van der Waals surface area contributed by atoms with Crippen molar-refractivity contribution in [3.05, 3.63) is 0 Å². The Morgan fingerprint density at radius 1 is 0.435 bits per heavy atom. The molecule has 23 heavy (non-hydrogen) atoms. The molecule has 0 saturated heterocycles. The predicted octanol–water partition coefficient (Wildman–Crippen LogP) is 6.78. The Labute approximate surface area is 147 Å². The Hall–Kier alpha value is -0.0800. The minimum Gasteiger partial charge on any atom is -0.870 e. The van der Waals surface area contributed by atoms with Crippen molar-refractivity contribution in [3.63, 3.8) is 0 Å². The highest BCUT2D eigenvalue weighted by Gasteiger charge is 2.04. The Morgan fingerprint density at radius 2 is 0.696 bits per heavy atom. The highest BCUT2D eigenvalue weighted by Crippen LogP contribution is 2.13. The zero-order valence-electron chi connectivity index (χ0n) is 16.9. The van der Waals surface area contributed by atoms with Crippen LogP contribution in [0.5, 0.6) is 0 Å². The molecule has 142 valence electrons. The van der Waals surface area contributed by atoms with E-state index in [0.717, 1.165) is 4.48 Å². The molecule has 0 fully saturated rings.